The summed E-state index contributed by atoms with van der Waals surface area (Å²) in [7, 11) is 0. The van der Waals surface area contributed by atoms with Crippen LogP contribution in [0, 0.1) is 5.92 Å². The highest BCUT2D eigenvalue weighted by Gasteiger charge is 2.20. The van der Waals surface area contributed by atoms with E-state index in [1.54, 1.807) is 0 Å². The number of carboxylic acids is 1. The van der Waals surface area contributed by atoms with Gasteiger partial charge >= 0.3 is 5.97 Å². The van der Waals surface area contributed by atoms with Crippen LogP contribution >= 0.6 is 0 Å². The van der Waals surface area contributed by atoms with Crippen molar-refractivity contribution < 1.29 is 15.0 Å². The van der Waals surface area contributed by atoms with Gasteiger partial charge in [0.15, 0.2) is 0 Å². The van der Waals surface area contributed by atoms with Gasteiger partial charge in [0, 0.05) is 32.1 Å². The van der Waals surface area contributed by atoms with Crippen molar-refractivity contribution in [1.29, 1.82) is 0 Å². The van der Waals surface area contributed by atoms with Crippen LogP contribution in [0.5, 0.6) is 0 Å². The molecule has 6 heteroatoms. The van der Waals surface area contributed by atoms with E-state index in [0.717, 1.165) is 25.9 Å². The Bertz CT molecular complexity index is 385. The third-order valence-corrected chi connectivity index (χ3v) is 3.04. The van der Waals surface area contributed by atoms with E-state index in [4.69, 9.17) is 10.2 Å². The van der Waals surface area contributed by atoms with Crippen LogP contribution in [-0.4, -0.2) is 45.8 Å². The fourth-order valence-electron chi connectivity index (χ4n) is 1.91. The molecule has 92 valence electrons. The second kappa shape index (κ2) is 5.09. The van der Waals surface area contributed by atoms with Crippen molar-refractivity contribution in [3.8, 4) is 0 Å². The summed E-state index contributed by atoms with van der Waals surface area (Å²) in [5.74, 6) is -0.0912. The largest absolute Gasteiger partial charge is 0.478 e. The number of hydrogen-bond donors (Lipinski definition) is 2. The Kier molecular flexibility index (Phi) is 3.53. The second-order valence-electron chi connectivity index (χ2n) is 4.19. The number of rotatable bonds is 3. The minimum Gasteiger partial charge on any atom is -0.478 e. The quantitative estimate of drug-likeness (QED) is 0.790. The number of anilines is 1. The van der Waals surface area contributed by atoms with E-state index in [1.807, 2.05) is 4.90 Å². The van der Waals surface area contributed by atoms with E-state index in [-0.39, 0.29) is 12.2 Å². The van der Waals surface area contributed by atoms with Crippen molar-refractivity contribution in [2.24, 2.45) is 5.92 Å². The molecule has 1 aliphatic rings. The maximum atomic E-state index is 10.6. The molecule has 17 heavy (non-hydrogen) atoms. The molecule has 2 heterocycles. The van der Waals surface area contributed by atoms with Gasteiger partial charge in [-0.2, -0.15) is 0 Å². The van der Waals surface area contributed by atoms with Crippen molar-refractivity contribution in [3.63, 3.8) is 0 Å². The van der Waals surface area contributed by atoms with Gasteiger partial charge in [-0.25, -0.2) is 14.8 Å². The summed E-state index contributed by atoms with van der Waals surface area (Å²) in [6, 6.07) is 0. The average Bonchev–Trinajstić information content (AvgIpc) is 2.39. The van der Waals surface area contributed by atoms with Crippen LogP contribution in [0.4, 0.5) is 5.95 Å². The summed E-state index contributed by atoms with van der Waals surface area (Å²) in [5, 5.41) is 17.8. The van der Waals surface area contributed by atoms with Gasteiger partial charge < -0.3 is 15.1 Å². The van der Waals surface area contributed by atoms with E-state index in [0.29, 0.717) is 11.9 Å². The summed E-state index contributed by atoms with van der Waals surface area (Å²) < 4.78 is 0. The van der Waals surface area contributed by atoms with E-state index >= 15 is 0 Å². The summed E-state index contributed by atoms with van der Waals surface area (Å²) in [6.07, 6.45) is 4.48. The van der Waals surface area contributed by atoms with E-state index in [1.165, 1.54) is 12.4 Å². The number of piperidine rings is 1. The van der Waals surface area contributed by atoms with E-state index in [2.05, 4.69) is 9.97 Å². The number of hydrogen-bond acceptors (Lipinski definition) is 5. The number of aromatic nitrogens is 2. The van der Waals surface area contributed by atoms with E-state index < -0.39 is 5.97 Å². The van der Waals surface area contributed by atoms with Crippen LogP contribution in [0.15, 0.2) is 12.4 Å². The van der Waals surface area contributed by atoms with Crippen molar-refractivity contribution in [2.45, 2.75) is 12.8 Å². The van der Waals surface area contributed by atoms with Gasteiger partial charge in [0.2, 0.25) is 5.95 Å². The third-order valence-electron chi connectivity index (χ3n) is 3.04. The highest BCUT2D eigenvalue weighted by Crippen LogP contribution is 2.19. The van der Waals surface area contributed by atoms with Crippen LogP contribution in [-0.2, 0) is 0 Å². The predicted molar refractivity (Wildman–Crippen MR) is 61.0 cm³/mol. The second-order valence-corrected chi connectivity index (χ2v) is 4.19. The number of aliphatic hydroxyl groups excluding tert-OH is 1. The Balaban J connectivity index is 2.01. The lowest BCUT2D eigenvalue weighted by molar-refractivity contribution is 0.0696. The zero-order valence-corrected chi connectivity index (χ0v) is 9.41. The molecule has 1 aromatic heterocycles. The molecule has 1 fully saturated rings. The van der Waals surface area contributed by atoms with Crippen LogP contribution in [0.2, 0.25) is 0 Å². The van der Waals surface area contributed by atoms with Gasteiger partial charge in [-0.05, 0) is 18.8 Å². The summed E-state index contributed by atoms with van der Waals surface area (Å²) in [5.41, 5.74) is 0.0963. The van der Waals surface area contributed by atoms with Gasteiger partial charge in [0.25, 0.3) is 0 Å². The molecule has 0 aliphatic carbocycles. The molecule has 0 radical (unpaired) electrons. The molecule has 0 spiro atoms. The van der Waals surface area contributed by atoms with Gasteiger partial charge in [-0.1, -0.05) is 0 Å². The first-order valence-electron chi connectivity index (χ1n) is 5.62. The first-order chi connectivity index (χ1) is 8.20. The number of nitrogens with zero attached hydrogens (tertiary/aromatic N) is 3. The normalized spacial score (nSPS) is 17.1. The topological polar surface area (TPSA) is 86.5 Å². The highest BCUT2D eigenvalue weighted by atomic mass is 16.4. The van der Waals surface area contributed by atoms with Gasteiger partial charge in [-0.15, -0.1) is 0 Å². The van der Waals surface area contributed by atoms with Crippen LogP contribution in [0.25, 0.3) is 0 Å². The third kappa shape index (κ3) is 2.71. The Labute approximate surface area is 98.9 Å². The molecule has 2 N–H and O–H groups in total. The molecule has 1 aliphatic heterocycles. The lowest BCUT2D eigenvalue weighted by Crippen LogP contribution is -2.35. The minimum atomic E-state index is -1.02. The number of aliphatic hydroxyl groups is 1. The van der Waals surface area contributed by atoms with E-state index in [9.17, 15) is 4.79 Å². The fourth-order valence-corrected chi connectivity index (χ4v) is 1.91. The SMILES string of the molecule is O=C(O)c1cnc(N2CCC(CO)CC2)nc1. The zero-order chi connectivity index (χ0) is 12.3. The lowest BCUT2D eigenvalue weighted by Gasteiger charge is -2.30. The smallest absolute Gasteiger partial charge is 0.338 e. The molecular formula is C11H15N3O3. The molecule has 1 aromatic rings. The Morgan fingerprint density at radius 3 is 2.41 bits per heavy atom. The maximum absolute atomic E-state index is 10.6. The molecule has 0 atom stereocenters. The van der Waals surface area contributed by atoms with Gasteiger partial charge in [0.05, 0.1) is 5.56 Å². The first-order valence-corrected chi connectivity index (χ1v) is 5.62. The number of aromatic carboxylic acids is 1. The lowest BCUT2D eigenvalue weighted by atomic mass is 9.98. The molecule has 2 rings (SSSR count). The molecule has 0 saturated carbocycles. The Morgan fingerprint density at radius 2 is 1.94 bits per heavy atom. The van der Waals surface area contributed by atoms with Crippen molar-refractivity contribution in [3.05, 3.63) is 18.0 Å². The van der Waals surface area contributed by atoms with Crippen molar-refractivity contribution in [2.75, 3.05) is 24.6 Å². The molecule has 0 unspecified atom stereocenters. The highest BCUT2D eigenvalue weighted by molar-refractivity contribution is 5.86. The standard InChI is InChI=1S/C11H15N3O3/c15-7-8-1-3-14(4-2-8)11-12-5-9(6-13-11)10(16)17/h5-6,8,15H,1-4,7H2,(H,16,17). The zero-order valence-electron chi connectivity index (χ0n) is 9.41. The summed E-state index contributed by atoms with van der Waals surface area (Å²) >= 11 is 0. The molecule has 0 aromatic carbocycles. The number of carboxylic acid groups (broad SMARTS) is 1. The Hall–Kier alpha value is -1.69. The van der Waals surface area contributed by atoms with Crippen LogP contribution in [0.3, 0.4) is 0 Å². The van der Waals surface area contributed by atoms with Crippen molar-refractivity contribution in [1.82, 2.24) is 9.97 Å². The monoisotopic (exact) mass is 237 g/mol. The van der Waals surface area contributed by atoms with Crippen LogP contribution in [0.1, 0.15) is 23.2 Å². The summed E-state index contributed by atoms with van der Waals surface area (Å²) in [6.45, 7) is 1.84. The molecule has 6 nitrogen and oxygen atoms in total. The minimum absolute atomic E-state index is 0.0963. The molecule has 0 amide bonds. The van der Waals surface area contributed by atoms with Gasteiger partial charge in [0.1, 0.15) is 0 Å². The van der Waals surface area contributed by atoms with Gasteiger partial charge in [-0.3, -0.25) is 0 Å². The molecular weight excluding hydrogens is 222 g/mol. The van der Waals surface area contributed by atoms with Crippen molar-refractivity contribution >= 4 is 11.9 Å². The maximum Gasteiger partial charge on any atom is 0.338 e. The molecule has 1 saturated heterocycles. The fraction of sp³-hybridized carbons (Fsp3) is 0.545. The molecule has 0 bridgehead atoms. The predicted octanol–water partition coefficient (Wildman–Crippen LogP) is 0.384. The first kappa shape index (κ1) is 11.8. The van der Waals surface area contributed by atoms with Crippen LogP contribution < -0.4 is 4.90 Å². The Morgan fingerprint density at radius 1 is 1.35 bits per heavy atom. The average molecular weight is 237 g/mol. The summed E-state index contributed by atoms with van der Waals surface area (Å²) in [4.78, 5) is 20.8. The number of carbonyl (C=O) groups is 1.